The van der Waals surface area contributed by atoms with Gasteiger partial charge in [0.25, 0.3) is 0 Å². The van der Waals surface area contributed by atoms with Crippen molar-refractivity contribution in [2.75, 3.05) is 19.7 Å². The molecule has 0 aliphatic carbocycles. The summed E-state index contributed by atoms with van der Waals surface area (Å²) in [6.07, 6.45) is 1.21. The van der Waals surface area contributed by atoms with Crippen molar-refractivity contribution in [2.24, 2.45) is 5.92 Å². The fraction of sp³-hybridized carbons (Fsp3) is 0.538. The molecule has 0 amide bonds. The lowest BCUT2D eigenvalue weighted by Crippen LogP contribution is -2.23. The van der Waals surface area contributed by atoms with E-state index in [2.05, 4.69) is 51.0 Å². The van der Waals surface area contributed by atoms with E-state index in [9.17, 15) is 0 Å². The maximum absolute atomic E-state index is 5.67. The van der Waals surface area contributed by atoms with Crippen LogP contribution in [0.25, 0.3) is 0 Å². The van der Waals surface area contributed by atoms with Crippen LogP contribution in [0.5, 0.6) is 5.75 Å². The third-order valence-electron chi connectivity index (χ3n) is 2.33. The van der Waals surface area contributed by atoms with E-state index in [-0.39, 0.29) is 0 Å². The monoisotopic (exact) mass is 363 g/mol. The van der Waals surface area contributed by atoms with E-state index >= 15 is 0 Å². The summed E-state index contributed by atoms with van der Waals surface area (Å²) >= 11 is 6.89. The maximum Gasteiger partial charge on any atom is 0.133 e. The zero-order valence-corrected chi connectivity index (χ0v) is 13.5. The van der Waals surface area contributed by atoms with E-state index in [4.69, 9.17) is 4.74 Å². The Bertz CT molecular complexity index is 342. The van der Waals surface area contributed by atoms with Crippen LogP contribution in [0.2, 0.25) is 0 Å². The van der Waals surface area contributed by atoms with Crippen LogP contribution in [-0.4, -0.2) is 19.7 Å². The number of hydrogen-bond donors (Lipinski definition) is 1. The van der Waals surface area contributed by atoms with Crippen LogP contribution in [0.4, 0.5) is 0 Å². The van der Waals surface area contributed by atoms with Crippen molar-refractivity contribution in [3.05, 3.63) is 27.1 Å². The molecule has 2 nitrogen and oxygen atoms in total. The summed E-state index contributed by atoms with van der Waals surface area (Å²) in [7, 11) is 0. The molecule has 0 atom stereocenters. The van der Waals surface area contributed by atoms with Crippen molar-refractivity contribution in [1.29, 1.82) is 0 Å². The summed E-state index contributed by atoms with van der Waals surface area (Å²) in [5.41, 5.74) is 0. The second-order valence-electron chi connectivity index (χ2n) is 4.36. The fourth-order valence-electron chi connectivity index (χ4n) is 1.34. The first-order chi connectivity index (χ1) is 8.09. The third-order valence-corrected chi connectivity index (χ3v) is 3.44. The smallest absolute Gasteiger partial charge is 0.133 e. The topological polar surface area (TPSA) is 21.3 Å². The van der Waals surface area contributed by atoms with Crippen LogP contribution < -0.4 is 10.1 Å². The Morgan fingerprint density at radius 3 is 2.65 bits per heavy atom. The number of halogens is 2. The van der Waals surface area contributed by atoms with Crippen LogP contribution in [-0.2, 0) is 0 Å². The Labute approximate surface area is 120 Å². The van der Waals surface area contributed by atoms with E-state index in [0.717, 1.165) is 33.7 Å². The summed E-state index contributed by atoms with van der Waals surface area (Å²) in [4.78, 5) is 0. The minimum Gasteiger partial charge on any atom is -0.491 e. The normalized spacial score (nSPS) is 10.9. The number of benzene rings is 1. The first-order valence-corrected chi connectivity index (χ1v) is 7.46. The van der Waals surface area contributed by atoms with E-state index in [1.807, 2.05) is 18.2 Å². The molecule has 1 aromatic rings. The molecule has 0 bridgehead atoms. The molecule has 0 saturated heterocycles. The average molecular weight is 365 g/mol. The summed E-state index contributed by atoms with van der Waals surface area (Å²) in [5.74, 6) is 1.64. The molecule has 4 heteroatoms. The van der Waals surface area contributed by atoms with Crippen LogP contribution in [0.1, 0.15) is 20.3 Å². The van der Waals surface area contributed by atoms with Crippen LogP contribution in [0.3, 0.4) is 0 Å². The molecule has 0 aromatic heterocycles. The van der Waals surface area contributed by atoms with Crippen LogP contribution in [0, 0.1) is 5.92 Å². The van der Waals surface area contributed by atoms with Crippen molar-refractivity contribution in [3.8, 4) is 5.75 Å². The number of ether oxygens (including phenoxy) is 1. The molecule has 0 fully saturated rings. The summed E-state index contributed by atoms with van der Waals surface area (Å²) in [6.45, 7) is 7.10. The Kier molecular flexibility index (Phi) is 7.16. The van der Waals surface area contributed by atoms with E-state index in [0.29, 0.717) is 6.61 Å². The predicted octanol–water partition coefficient (Wildman–Crippen LogP) is 4.23. The van der Waals surface area contributed by atoms with E-state index in [1.165, 1.54) is 6.42 Å². The van der Waals surface area contributed by atoms with Gasteiger partial charge in [0.05, 0.1) is 4.47 Å². The third kappa shape index (κ3) is 6.43. The molecular weight excluding hydrogens is 346 g/mol. The highest BCUT2D eigenvalue weighted by Crippen LogP contribution is 2.27. The summed E-state index contributed by atoms with van der Waals surface area (Å²) < 4.78 is 7.70. The lowest BCUT2D eigenvalue weighted by molar-refractivity contribution is 0.310. The lowest BCUT2D eigenvalue weighted by Gasteiger charge is -2.10. The van der Waals surface area contributed by atoms with Gasteiger partial charge in [-0.25, -0.2) is 0 Å². The summed E-state index contributed by atoms with van der Waals surface area (Å²) in [5, 5.41) is 3.37. The zero-order chi connectivity index (χ0) is 12.7. The summed E-state index contributed by atoms with van der Waals surface area (Å²) in [6, 6.07) is 5.93. The van der Waals surface area contributed by atoms with Gasteiger partial charge in [0.15, 0.2) is 0 Å². The van der Waals surface area contributed by atoms with Crippen molar-refractivity contribution in [2.45, 2.75) is 20.3 Å². The van der Waals surface area contributed by atoms with Crippen molar-refractivity contribution in [3.63, 3.8) is 0 Å². The van der Waals surface area contributed by atoms with Gasteiger partial charge in [-0.2, -0.15) is 0 Å². The molecule has 1 aromatic carbocycles. The number of hydrogen-bond acceptors (Lipinski definition) is 2. The first-order valence-electron chi connectivity index (χ1n) is 5.88. The number of nitrogens with one attached hydrogen (secondary N) is 1. The molecule has 0 aliphatic rings. The lowest BCUT2D eigenvalue weighted by atomic mass is 10.1. The Morgan fingerprint density at radius 1 is 1.24 bits per heavy atom. The molecule has 1 N–H and O–H groups in total. The molecular formula is C13H19Br2NO. The Balaban J connectivity index is 2.18. The van der Waals surface area contributed by atoms with E-state index in [1.54, 1.807) is 0 Å². The van der Waals surface area contributed by atoms with Gasteiger partial charge in [0.1, 0.15) is 12.4 Å². The van der Waals surface area contributed by atoms with E-state index < -0.39 is 0 Å². The molecule has 0 heterocycles. The average Bonchev–Trinajstić information content (AvgIpc) is 2.25. The highest BCUT2D eigenvalue weighted by Gasteiger charge is 2.01. The van der Waals surface area contributed by atoms with Gasteiger partial charge in [0.2, 0.25) is 0 Å². The molecule has 1 rings (SSSR count). The van der Waals surface area contributed by atoms with Gasteiger partial charge >= 0.3 is 0 Å². The van der Waals surface area contributed by atoms with Crippen LogP contribution >= 0.6 is 31.9 Å². The predicted molar refractivity (Wildman–Crippen MR) is 79.7 cm³/mol. The fourth-order valence-corrected chi connectivity index (χ4v) is 2.50. The molecule has 0 radical (unpaired) electrons. The van der Waals surface area contributed by atoms with Crippen LogP contribution in [0.15, 0.2) is 27.1 Å². The molecule has 17 heavy (non-hydrogen) atoms. The zero-order valence-electron chi connectivity index (χ0n) is 10.3. The van der Waals surface area contributed by atoms with Gasteiger partial charge in [-0.05, 0) is 53.0 Å². The van der Waals surface area contributed by atoms with Gasteiger partial charge < -0.3 is 10.1 Å². The van der Waals surface area contributed by atoms with Gasteiger partial charge in [0, 0.05) is 11.0 Å². The second-order valence-corrected chi connectivity index (χ2v) is 6.13. The van der Waals surface area contributed by atoms with Crippen molar-refractivity contribution < 1.29 is 4.74 Å². The molecule has 0 saturated carbocycles. The van der Waals surface area contributed by atoms with Crippen molar-refractivity contribution >= 4 is 31.9 Å². The highest BCUT2D eigenvalue weighted by molar-refractivity contribution is 9.11. The Hall–Kier alpha value is -0.0600. The second kappa shape index (κ2) is 8.11. The minimum absolute atomic E-state index is 0.693. The SMILES string of the molecule is CC(C)CCNCCOc1ccc(Br)cc1Br. The van der Waals surface area contributed by atoms with Gasteiger partial charge in [-0.3, -0.25) is 0 Å². The van der Waals surface area contributed by atoms with Gasteiger partial charge in [-0.15, -0.1) is 0 Å². The molecule has 0 unspecified atom stereocenters. The number of rotatable bonds is 7. The highest BCUT2D eigenvalue weighted by atomic mass is 79.9. The largest absolute Gasteiger partial charge is 0.491 e. The minimum atomic E-state index is 0.693. The van der Waals surface area contributed by atoms with Gasteiger partial charge in [-0.1, -0.05) is 29.8 Å². The standard InChI is InChI=1S/C13H19Br2NO/c1-10(2)5-6-16-7-8-17-13-4-3-11(14)9-12(13)15/h3-4,9-10,16H,5-8H2,1-2H3. The molecule has 0 spiro atoms. The first kappa shape index (κ1) is 15.0. The Morgan fingerprint density at radius 2 is 2.00 bits per heavy atom. The molecule has 0 aliphatic heterocycles. The van der Waals surface area contributed by atoms with Crippen molar-refractivity contribution in [1.82, 2.24) is 5.32 Å². The quantitative estimate of drug-likeness (QED) is 0.731. The molecule has 96 valence electrons. The maximum atomic E-state index is 5.67.